The molecule has 3 heterocycles. The lowest BCUT2D eigenvalue weighted by Gasteiger charge is -2.30. The van der Waals surface area contributed by atoms with Gasteiger partial charge in [0.1, 0.15) is 5.82 Å². The molecule has 0 spiro atoms. The SMILES string of the molecule is C(=C\C1CCN(Cc2ccccc2)CC1)/c1nc(-c2cnc(-c3ccccc3)nc2)c[nH]1. The standard InChI is InChI=1S/C27H27N5/c1-3-7-22(8-4-1)20-32-15-13-21(14-16-32)11-12-26-28-19-25(31-26)24-17-29-27(30-18-24)23-9-5-2-6-10-23/h1-12,17-19,21H,13-16,20H2,(H,28,31)/b12-11+. The van der Waals surface area contributed by atoms with Crippen LogP contribution in [0.3, 0.4) is 0 Å². The molecule has 0 aliphatic carbocycles. The minimum Gasteiger partial charge on any atom is -0.344 e. The quantitative estimate of drug-likeness (QED) is 0.449. The van der Waals surface area contributed by atoms with Gasteiger partial charge in [-0.1, -0.05) is 66.7 Å². The van der Waals surface area contributed by atoms with Crippen molar-refractivity contribution in [3.63, 3.8) is 0 Å². The van der Waals surface area contributed by atoms with E-state index >= 15 is 0 Å². The van der Waals surface area contributed by atoms with Gasteiger partial charge in [-0.05, 0) is 43.5 Å². The number of H-pyrrole nitrogens is 1. The molecule has 1 saturated heterocycles. The summed E-state index contributed by atoms with van der Waals surface area (Å²) < 4.78 is 0. The van der Waals surface area contributed by atoms with Gasteiger partial charge in [-0.2, -0.15) is 0 Å². The summed E-state index contributed by atoms with van der Waals surface area (Å²) in [4.78, 5) is 19.5. The van der Waals surface area contributed by atoms with Gasteiger partial charge in [0.25, 0.3) is 0 Å². The number of allylic oxidation sites excluding steroid dienone is 1. The maximum atomic E-state index is 4.71. The third kappa shape index (κ3) is 5.01. The van der Waals surface area contributed by atoms with Crippen molar-refractivity contribution >= 4 is 6.08 Å². The predicted molar refractivity (Wildman–Crippen MR) is 129 cm³/mol. The van der Waals surface area contributed by atoms with Gasteiger partial charge >= 0.3 is 0 Å². The molecular weight excluding hydrogens is 394 g/mol. The van der Waals surface area contributed by atoms with Crippen LogP contribution in [0.5, 0.6) is 0 Å². The first kappa shape index (κ1) is 20.3. The molecule has 5 heteroatoms. The van der Waals surface area contributed by atoms with Crippen LogP contribution in [0.4, 0.5) is 0 Å². The van der Waals surface area contributed by atoms with Crippen molar-refractivity contribution in [1.82, 2.24) is 24.8 Å². The summed E-state index contributed by atoms with van der Waals surface area (Å²) in [6, 6.07) is 20.7. The van der Waals surface area contributed by atoms with Crippen LogP contribution >= 0.6 is 0 Å². The summed E-state index contributed by atoms with van der Waals surface area (Å²) >= 11 is 0. The normalized spacial score (nSPS) is 15.4. The Bertz CT molecular complexity index is 1140. The molecule has 1 aliphatic heterocycles. The van der Waals surface area contributed by atoms with Gasteiger partial charge in [0.15, 0.2) is 5.82 Å². The van der Waals surface area contributed by atoms with Gasteiger partial charge in [0, 0.05) is 36.3 Å². The zero-order chi connectivity index (χ0) is 21.6. The first-order chi connectivity index (χ1) is 15.8. The van der Waals surface area contributed by atoms with Gasteiger partial charge in [0.05, 0.1) is 5.69 Å². The number of nitrogens with zero attached hydrogens (tertiary/aromatic N) is 4. The second-order valence-corrected chi connectivity index (χ2v) is 8.29. The molecule has 0 amide bonds. The molecule has 0 bridgehead atoms. The van der Waals surface area contributed by atoms with Crippen LogP contribution in [-0.4, -0.2) is 37.9 Å². The summed E-state index contributed by atoms with van der Waals surface area (Å²) in [5.74, 6) is 2.20. The number of hydrogen-bond donors (Lipinski definition) is 1. The number of aromatic nitrogens is 4. The smallest absolute Gasteiger partial charge is 0.159 e. The van der Waals surface area contributed by atoms with Crippen molar-refractivity contribution in [2.24, 2.45) is 5.92 Å². The maximum absolute atomic E-state index is 4.71. The lowest BCUT2D eigenvalue weighted by atomic mass is 9.96. The molecule has 0 radical (unpaired) electrons. The Morgan fingerprint density at radius 3 is 2.28 bits per heavy atom. The van der Waals surface area contributed by atoms with E-state index in [1.54, 1.807) is 0 Å². The van der Waals surface area contributed by atoms with Crippen LogP contribution in [0.25, 0.3) is 28.7 Å². The number of rotatable bonds is 6. The van der Waals surface area contributed by atoms with E-state index in [4.69, 9.17) is 4.98 Å². The van der Waals surface area contributed by atoms with E-state index < -0.39 is 0 Å². The van der Waals surface area contributed by atoms with Crippen LogP contribution in [-0.2, 0) is 6.54 Å². The Hall–Kier alpha value is -3.57. The number of imidazole rings is 1. The molecule has 2 aromatic heterocycles. The minimum absolute atomic E-state index is 0.601. The monoisotopic (exact) mass is 421 g/mol. The highest BCUT2D eigenvalue weighted by atomic mass is 15.1. The number of likely N-dealkylation sites (tertiary alicyclic amines) is 1. The lowest BCUT2D eigenvalue weighted by Crippen LogP contribution is -2.32. The van der Waals surface area contributed by atoms with E-state index in [0.717, 1.165) is 48.1 Å². The Kier molecular flexibility index (Phi) is 6.17. The first-order valence-corrected chi connectivity index (χ1v) is 11.2. The van der Waals surface area contributed by atoms with E-state index in [1.165, 1.54) is 18.4 Å². The molecule has 0 atom stereocenters. The molecule has 1 aliphatic rings. The van der Waals surface area contributed by atoms with Crippen LogP contribution in [0, 0.1) is 5.92 Å². The summed E-state index contributed by atoms with van der Waals surface area (Å²) in [5, 5.41) is 0. The Balaban J connectivity index is 1.16. The molecule has 1 fully saturated rings. The predicted octanol–water partition coefficient (Wildman–Crippen LogP) is 5.46. The number of aromatic amines is 1. The van der Waals surface area contributed by atoms with E-state index in [0.29, 0.717) is 5.92 Å². The summed E-state index contributed by atoms with van der Waals surface area (Å²) in [7, 11) is 0. The average Bonchev–Trinajstić information content (AvgIpc) is 3.34. The molecule has 160 valence electrons. The summed E-state index contributed by atoms with van der Waals surface area (Å²) in [6.45, 7) is 3.32. The van der Waals surface area contributed by atoms with Crippen molar-refractivity contribution in [1.29, 1.82) is 0 Å². The van der Waals surface area contributed by atoms with Crippen molar-refractivity contribution in [3.05, 3.63) is 96.7 Å². The van der Waals surface area contributed by atoms with Gasteiger partial charge < -0.3 is 4.98 Å². The van der Waals surface area contributed by atoms with Crippen molar-refractivity contribution in [3.8, 4) is 22.6 Å². The van der Waals surface area contributed by atoms with E-state index in [9.17, 15) is 0 Å². The molecule has 0 saturated carbocycles. The van der Waals surface area contributed by atoms with Crippen LogP contribution in [0.1, 0.15) is 24.2 Å². The molecule has 0 unspecified atom stereocenters. The third-order valence-corrected chi connectivity index (χ3v) is 5.98. The fourth-order valence-electron chi connectivity index (χ4n) is 4.14. The van der Waals surface area contributed by atoms with Gasteiger partial charge in [-0.3, -0.25) is 4.90 Å². The fourth-order valence-corrected chi connectivity index (χ4v) is 4.14. The molecule has 32 heavy (non-hydrogen) atoms. The number of piperidine rings is 1. The largest absolute Gasteiger partial charge is 0.344 e. The highest BCUT2D eigenvalue weighted by Crippen LogP contribution is 2.22. The molecule has 4 aromatic rings. The van der Waals surface area contributed by atoms with E-state index in [1.807, 2.05) is 48.9 Å². The van der Waals surface area contributed by atoms with E-state index in [-0.39, 0.29) is 0 Å². The highest BCUT2D eigenvalue weighted by molar-refractivity contribution is 5.61. The fraction of sp³-hybridized carbons (Fsp3) is 0.222. The molecule has 1 N–H and O–H groups in total. The molecule has 5 nitrogen and oxygen atoms in total. The maximum Gasteiger partial charge on any atom is 0.159 e. The zero-order valence-electron chi connectivity index (χ0n) is 18.1. The Morgan fingerprint density at radius 1 is 0.875 bits per heavy atom. The van der Waals surface area contributed by atoms with E-state index in [2.05, 4.69) is 62.3 Å². The Labute approximate surface area is 188 Å². The minimum atomic E-state index is 0.601. The van der Waals surface area contributed by atoms with Crippen LogP contribution < -0.4 is 0 Å². The zero-order valence-corrected chi connectivity index (χ0v) is 18.1. The lowest BCUT2D eigenvalue weighted by molar-refractivity contribution is 0.196. The molecule has 5 rings (SSSR count). The number of benzene rings is 2. The van der Waals surface area contributed by atoms with Gasteiger partial charge in [0.2, 0.25) is 0 Å². The van der Waals surface area contributed by atoms with Crippen LogP contribution in [0.2, 0.25) is 0 Å². The average molecular weight is 422 g/mol. The molecular formula is C27H27N5. The third-order valence-electron chi connectivity index (χ3n) is 5.98. The van der Waals surface area contributed by atoms with Crippen molar-refractivity contribution in [2.75, 3.05) is 13.1 Å². The summed E-state index contributed by atoms with van der Waals surface area (Å²) in [5.41, 5.74) is 4.18. The first-order valence-electron chi connectivity index (χ1n) is 11.2. The van der Waals surface area contributed by atoms with Crippen LogP contribution in [0.15, 0.2) is 85.3 Å². The van der Waals surface area contributed by atoms with Crippen molar-refractivity contribution < 1.29 is 0 Å². The second-order valence-electron chi connectivity index (χ2n) is 8.29. The highest BCUT2D eigenvalue weighted by Gasteiger charge is 2.17. The second kappa shape index (κ2) is 9.71. The molecule has 2 aromatic carbocycles. The topological polar surface area (TPSA) is 57.7 Å². The Morgan fingerprint density at radius 2 is 1.56 bits per heavy atom. The van der Waals surface area contributed by atoms with Gasteiger partial charge in [-0.15, -0.1) is 0 Å². The summed E-state index contributed by atoms with van der Waals surface area (Å²) in [6.07, 6.45) is 12.4. The van der Waals surface area contributed by atoms with Gasteiger partial charge in [-0.25, -0.2) is 15.0 Å². The number of hydrogen-bond acceptors (Lipinski definition) is 4. The van der Waals surface area contributed by atoms with Crippen molar-refractivity contribution in [2.45, 2.75) is 19.4 Å². The number of nitrogens with one attached hydrogen (secondary N) is 1.